The highest BCUT2D eigenvalue weighted by atomic mass is 19.1. The maximum Gasteiger partial charge on any atom is 0.135 e. The van der Waals surface area contributed by atoms with E-state index in [0.717, 1.165) is 17.4 Å². The molecule has 1 atom stereocenters. The van der Waals surface area contributed by atoms with Crippen molar-refractivity contribution >= 4 is 6.29 Å². The van der Waals surface area contributed by atoms with Crippen LogP contribution in [-0.2, 0) is 11.2 Å². The van der Waals surface area contributed by atoms with E-state index in [9.17, 15) is 9.18 Å². The number of hydrazine groups is 1. The average Bonchev–Trinajstić information content (AvgIpc) is 2.48. The van der Waals surface area contributed by atoms with E-state index in [2.05, 4.69) is 15.8 Å². The van der Waals surface area contributed by atoms with Crippen molar-refractivity contribution < 1.29 is 9.18 Å². The average molecular weight is 273 g/mol. The molecule has 104 valence electrons. The van der Waals surface area contributed by atoms with E-state index >= 15 is 0 Å². The van der Waals surface area contributed by atoms with Gasteiger partial charge in [-0.1, -0.05) is 12.1 Å². The van der Waals surface area contributed by atoms with Gasteiger partial charge in [-0.3, -0.25) is 10.4 Å². The summed E-state index contributed by atoms with van der Waals surface area (Å²) in [6, 6.07) is 10.1. The maximum atomic E-state index is 13.0. The molecule has 5 heteroatoms. The maximum absolute atomic E-state index is 13.0. The molecule has 4 nitrogen and oxygen atoms in total. The van der Waals surface area contributed by atoms with Crippen LogP contribution >= 0.6 is 0 Å². The molecule has 1 unspecified atom stereocenters. The summed E-state index contributed by atoms with van der Waals surface area (Å²) < 4.78 is 13.0. The first-order valence-corrected chi connectivity index (χ1v) is 6.36. The zero-order valence-corrected chi connectivity index (χ0v) is 10.9. The fourth-order valence-electron chi connectivity index (χ4n) is 1.93. The predicted octanol–water partition coefficient (Wildman–Crippen LogP) is 1.80. The Morgan fingerprint density at radius 1 is 1.15 bits per heavy atom. The number of nitrogens with zero attached hydrogens (tertiary/aromatic N) is 1. The third kappa shape index (κ3) is 4.22. The van der Waals surface area contributed by atoms with Gasteiger partial charge in [-0.2, -0.15) is 0 Å². The first-order valence-electron chi connectivity index (χ1n) is 6.36. The topological polar surface area (TPSA) is 54.0 Å². The lowest BCUT2D eigenvalue weighted by Crippen LogP contribution is -2.37. The minimum Gasteiger partial charge on any atom is -0.302 e. The fourth-order valence-corrected chi connectivity index (χ4v) is 1.93. The minimum absolute atomic E-state index is 0.0575. The first kappa shape index (κ1) is 14.3. The molecule has 0 aliphatic heterocycles. The van der Waals surface area contributed by atoms with Crippen LogP contribution in [0.1, 0.15) is 17.2 Å². The van der Waals surface area contributed by atoms with Gasteiger partial charge in [0.1, 0.15) is 12.1 Å². The Morgan fingerprint density at radius 2 is 1.85 bits per heavy atom. The molecule has 0 aliphatic rings. The van der Waals surface area contributed by atoms with Crippen molar-refractivity contribution in [1.82, 2.24) is 15.8 Å². The zero-order chi connectivity index (χ0) is 14.2. The molecule has 0 saturated heterocycles. The number of aromatic nitrogens is 1. The Bertz CT molecular complexity index is 531. The molecule has 1 heterocycles. The summed E-state index contributed by atoms with van der Waals surface area (Å²) >= 11 is 0. The molecule has 0 spiro atoms. The smallest absolute Gasteiger partial charge is 0.135 e. The van der Waals surface area contributed by atoms with Gasteiger partial charge >= 0.3 is 0 Å². The molecule has 0 bridgehead atoms. The molecule has 2 N–H and O–H groups in total. The molecule has 0 radical (unpaired) electrons. The van der Waals surface area contributed by atoms with Crippen LogP contribution in [0.2, 0.25) is 0 Å². The van der Waals surface area contributed by atoms with Crippen LogP contribution < -0.4 is 10.9 Å². The Morgan fingerprint density at radius 3 is 2.50 bits per heavy atom. The predicted molar refractivity (Wildman–Crippen MR) is 74.3 cm³/mol. The van der Waals surface area contributed by atoms with Crippen molar-refractivity contribution in [2.75, 3.05) is 6.54 Å². The standard InChI is InChI=1S/C15H16FN3O/c16-14-3-1-13(2-4-14)15(19-18-9-10-20)11-12-5-7-17-8-6-12/h1-8,10,15,18-19H,9,11H2. The van der Waals surface area contributed by atoms with E-state index in [4.69, 9.17) is 0 Å². The monoisotopic (exact) mass is 273 g/mol. The number of pyridine rings is 1. The van der Waals surface area contributed by atoms with Crippen LogP contribution in [0.3, 0.4) is 0 Å². The Balaban J connectivity index is 2.11. The van der Waals surface area contributed by atoms with E-state index in [1.54, 1.807) is 24.5 Å². The normalized spacial score (nSPS) is 12.1. The van der Waals surface area contributed by atoms with Crippen LogP contribution in [0, 0.1) is 5.82 Å². The van der Waals surface area contributed by atoms with Gasteiger partial charge in [0.15, 0.2) is 0 Å². The number of hydrogen-bond acceptors (Lipinski definition) is 4. The molecule has 0 saturated carbocycles. The van der Waals surface area contributed by atoms with Crippen LogP contribution in [0.4, 0.5) is 4.39 Å². The second-order valence-corrected chi connectivity index (χ2v) is 4.36. The highest BCUT2D eigenvalue weighted by Crippen LogP contribution is 2.18. The van der Waals surface area contributed by atoms with E-state index in [0.29, 0.717) is 6.42 Å². The Kier molecular flexibility index (Phi) is 5.34. The number of benzene rings is 1. The van der Waals surface area contributed by atoms with Gasteiger partial charge in [-0.15, -0.1) is 0 Å². The molecule has 0 aliphatic carbocycles. The Labute approximate surface area is 117 Å². The highest BCUT2D eigenvalue weighted by Gasteiger charge is 2.11. The number of hydrogen-bond donors (Lipinski definition) is 2. The number of rotatable bonds is 7. The number of carbonyl (C=O) groups is 1. The lowest BCUT2D eigenvalue weighted by atomic mass is 10.00. The summed E-state index contributed by atoms with van der Waals surface area (Å²) in [7, 11) is 0. The third-order valence-electron chi connectivity index (χ3n) is 2.92. The molecule has 0 amide bonds. The molecule has 20 heavy (non-hydrogen) atoms. The SMILES string of the molecule is O=CCNNC(Cc1ccncc1)c1ccc(F)cc1. The summed E-state index contributed by atoms with van der Waals surface area (Å²) in [5, 5.41) is 0. The summed E-state index contributed by atoms with van der Waals surface area (Å²) in [5.41, 5.74) is 7.97. The first-order chi connectivity index (χ1) is 9.79. The van der Waals surface area contributed by atoms with Gasteiger partial charge in [0.2, 0.25) is 0 Å². The van der Waals surface area contributed by atoms with Crippen molar-refractivity contribution in [3.63, 3.8) is 0 Å². The number of halogens is 1. The molecule has 2 aromatic rings. The van der Waals surface area contributed by atoms with Crippen molar-refractivity contribution in [3.8, 4) is 0 Å². The molecule has 2 rings (SSSR count). The third-order valence-corrected chi connectivity index (χ3v) is 2.92. The summed E-state index contributed by atoms with van der Waals surface area (Å²) in [5.74, 6) is -0.266. The van der Waals surface area contributed by atoms with Gasteiger partial charge < -0.3 is 4.79 Å². The Hall–Kier alpha value is -2.11. The van der Waals surface area contributed by atoms with Crippen LogP contribution in [0.25, 0.3) is 0 Å². The molecular weight excluding hydrogens is 257 g/mol. The summed E-state index contributed by atoms with van der Waals surface area (Å²) in [4.78, 5) is 14.3. The molecular formula is C15H16FN3O. The van der Waals surface area contributed by atoms with Crippen LogP contribution in [0.15, 0.2) is 48.8 Å². The molecule has 1 aromatic heterocycles. The number of aldehydes is 1. The lowest BCUT2D eigenvalue weighted by molar-refractivity contribution is -0.107. The fraction of sp³-hybridized carbons (Fsp3) is 0.200. The second-order valence-electron chi connectivity index (χ2n) is 4.36. The van der Waals surface area contributed by atoms with Crippen molar-refractivity contribution in [2.45, 2.75) is 12.5 Å². The van der Waals surface area contributed by atoms with Crippen molar-refractivity contribution in [3.05, 3.63) is 65.7 Å². The van der Waals surface area contributed by atoms with Crippen molar-refractivity contribution in [2.24, 2.45) is 0 Å². The summed E-state index contributed by atoms with van der Waals surface area (Å²) in [6.45, 7) is 0.216. The van der Waals surface area contributed by atoms with Crippen LogP contribution in [0.5, 0.6) is 0 Å². The molecule has 1 aromatic carbocycles. The summed E-state index contributed by atoms with van der Waals surface area (Å²) in [6.07, 6.45) is 4.95. The van der Waals surface area contributed by atoms with Crippen LogP contribution in [-0.4, -0.2) is 17.8 Å². The van der Waals surface area contributed by atoms with Crippen molar-refractivity contribution in [1.29, 1.82) is 0 Å². The van der Waals surface area contributed by atoms with E-state index in [1.165, 1.54) is 12.1 Å². The van der Waals surface area contributed by atoms with E-state index < -0.39 is 0 Å². The molecule has 0 fully saturated rings. The highest BCUT2D eigenvalue weighted by molar-refractivity contribution is 5.51. The van der Waals surface area contributed by atoms with Gasteiger partial charge in [0.25, 0.3) is 0 Å². The number of nitrogens with one attached hydrogen (secondary N) is 2. The van der Waals surface area contributed by atoms with Gasteiger partial charge in [-0.25, -0.2) is 9.82 Å². The van der Waals surface area contributed by atoms with E-state index in [1.807, 2.05) is 12.1 Å². The van der Waals surface area contributed by atoms with Gasteiger partial charge in [0, 0.05) is 12.4 Å². The van der Waals surface area contributed by atoms with E-state index in [-0.39, 0.29) is 18.4 Å². The quantitative estimate of drug-likeness (QED) is 0.459. The zero-order valence-electron chi connectivity index (χ0n) is 10.9. The second kappa shape index (κ2) is 7.47. The lowest BCUT2D eigenvalue weighted by Gasteiger charge is -2.19. The largest absolute Gasteiger partial charge is 0.302 e. The minimum atomic E-state index is -0.266. The number of carbonyl (C=O) groups excluding carboxylic acids is 1. The van der Waals surface area contributed by atoms with Gasteiger partial charge in [0.05, 0.1) is 12.6 Å². The van der Waals surface area contributed by atoms with Gasteiger partial charge in [-0.05, 0) is 41.8 Å².